The van der Waals surface area contributed by atoms with E-state index in [0.717, 1.165) is 32.2 Å². The van der Waals surface area contributed by atoms with Crippen molar-refractivity contribution in [1.82, 2.24) is 14.4 Å². The third-order valence-electron chi connectivity index (χ3n) is 4.13. The SMILES string of the molecule is Nc1ccc(=O)n(CCN2CCN(C3CC3)CC2)c1. The molecule has 5 heteroatoms. The molecule has 1 aliphatic heterocycles. The van der Waals surface area contributed by atoms with E-state index in [1.165, 1.54) is 25.9 Å². The molecule has 0 bridgehead atoms. The van der Waals surface area contributed by atoms with Crippen LogP contribution in [-0.4, -0.2) is 53.1 Å². The molecule has 2 fully saturated rings. The average molecular weight is 262 g/mol. The molecule has 1 aliphatic carbocycles. The van der Waals surface area contributed by atoms with Crippen LogP contribution in [0.3, 0.4) is 0 Å². The lowest BCUT2D eigenvalue weighted by atomic mass is 10.3. The Labute approximate surface area is 113 Å². The van der Waals surface area contributed by atoms with Gasteiger partial charge in [0.15, 0.2) is 0 Å². The number of aromatic nitrogens is 1. The first-order chi connectivity index (χ1) is 9.22. The molecule has 0 unspecified atom stereocenters. The van der Waals surface area contributed by atoms with E-state index in [1.807, 2.05) is 0 Å². The second-order valence-corrected chi connectivity index (χ2v) is 5.60. The summed E-state index contributed by atoms with van der Waals surface area (Å²) in [7, 11) is 0. The molecule has 1 aromatic heterocycles. The Bertz CT molecular complexity index is 486. The van der Waals surface area contributed by atoms with E-state index >= 15 is 0 Å². The average Bonchev–Trinajstić information content (AvgIpc) is 3.25. The number of nitrogen functional groups attached to an aromatic ring is 1. The molecule has 0 atom stereocenters. The molecule has 104 valence electrons. The molecule has 3 rings (SSSR count). The second-order valence-electron chi connectivity index (χ2n) is 5.60. The number of rotatable bonds is 4. The van der Waals surface area contributed by atoms with Gasteiger partial charge in [-0.15, -0.1) is 0 Å². The third-order valence-corrected chi connectivity index (χ3v) is 4.13. The van der Waals surface area contributed by atoms with Crippen LogP contribution in [-0.2, 0) is 6.54 Å². The fourth-order valence-electron chi connectivity index (χ4n) is 2.77. The van der Waals surface area contributed by atoms with E-state index < -0.39 is 0 Å². The van der Waals surface area contributed by atoms with Gasteiger partial charge in [0.05, 0.1) is 0 Å². The summed E-state index contributed by atoms with van der Waals surface area (Å²) in [6.45, 7) is 6.25. The van der Waals surface area contributed by atoms with Crippen molar-refractivity contribution < 1.29 is 0 Å². The Morgan fingerprint density at radius 3 is 2.53 bits per heavy atom. The lowest BCUT2D eigenvalue weighted by Gasteiger charge is -2.34. The maximum atomic E-state index is 11.7. The van der Waals surface area contributed by atoms with Gasteiger partial charge in [-0.25, -0.2) is 0 Å². The summed E-state index contributed by atoms with van der Waals surface area (Å²) < 4.78 is 1.71. The van der Waals surface area contributed by atoms with Gasteiger partial charge in [0, 0.05) is 63.3 Å². The minimum Gasteiger partial charge on any atom is -0.398 e. The summed E-state index contributed by atoms with van der Waals surface area (Å²) in [5.41, 5.74) is 6.40. The van der Waals surface area contributed by atoms with Gasteiger partial charge in [-0.3, -0.25) is 14.6 Å². The summed E-state index contributed by atoms with van der Waals surface area (Å²) in [5, 5.41) is 0. The van der Waals surface area contributed by atoms with Crippen molar-refractivity contribution in [2.75, 3.05) is 38.5 Å². The van der Waals surface area contributed by atoms with Gasteiger partial charge < -0.3 is 10.3 Å². The summed E-state index contributed by atoms with van der Waals surface area (Å²) in [5.74, 6) is 0. The summed E-state index contributed by atoms with van der Waals surface area (Å²) >= 11 is 0. The predicted molar refractivity (Wildman–Crippen MR) is 76.1 cm³/mol. The van der Waals surface area contributed by atoms with Crippen molar-refractivity contribution in [3.05, 3.63) is 28.7 Å². The Morgan fingerprint density at radius 1 is 1.11 bits per heavy atom. The molecule has 1 aromatic rings. The van der Waals surface area contributed by atoms with Crippen LogP contribution in [0.25, 0.3) is 0 Å². The molecule has 0 spiro atoms. The smallest absolute Gasteiger partial charge is 0.250 e. The molecule has 19 heavy (non-hydrogen) atoms. The van der Waals surface area contributed by atoms with Gasteiger partial charge in [0.1, 0.15) is 0 Å². The molecule has 2 aliphatic rings. The monoisotopic (exact) mass is 262 g/mol. The summed E-state index contributed by atoms with van der Waals surface area (Å²) in [4.78, 5) is 16.7. The highest BCUT2D eigenvalue weighted by molar-refractivity contribution is 5.33. The van der Waals surface area contributed by atoms with Crippen molar-refractivity contribution in [3.63, 3.8) is 0 Å². The lowest BCUT2D eigenvalue weighted by Crippen LogP contribution is -2.48. The minimum atomic E-state index is 0.0332. The van der Waals surface area contributed by atoms with E-state index in [2.05, 4.69) is 9.80 Å². The van der Waals surface area contributed by atoms with Gasteiger partial charge in [-0.05, 0) is 18.9 Å². The van der Waals surface area contributed by atoms with Crippen molar-refractivity contribution in [3.8, 4) is 0 Å². The maximum absolute atomic E-state index is 11.7. The summed E-state index contributed by atoms with van der Waals surface area (Å²) in [6.07, 6.45) is 4.51. The number of anilines is 1. The van der Waals surface area contributed by atoms with E-state index in [1.54, 1.807) is 22.9 Å². The zero-order chi connectivity index (χ0) is 13.2. The number of piperazine rings is 1. The highest BCUT2D eigenvalue weighted by atomic mass is 16.1. The lowest BCUT2D eigenvalue weighted by molar-refractivity contribution is 0.123. The number of nitrogens with zero attached hydrogens (tertiary/aromatic N) is 3. The van der Waals surface area contributed by atoms with Crippen LogP contribution in [0.4, 0.5) is 5.69 Å². The molecular weight excluding hydrogens is 240 g/mol. The molecule has 0 aromatic carbocycles. The van der Waals surface area contributed by atoms with Crippen molar-refractivity contribution in [2.45, 2.75) is 25.4 Å². The van der Waals surface area contributed by atoms with E-state index in [0.29, 0.717) is 5.69 Å². The summed E-state index contributed by atoms with van der Waals surface area (Å²) in [6, 6.07) is 4.08. The van der Waals surface area contributed by atoms with Gasteiger partial charge in [-0.1, -0.05) is 0 Å². The fourth-order valence-corrected chi connectivity index (χ4v) is 2.77. The molecule has 2 heterocycles. The zero-order valence-corrected chi connectivity index (χ0v) is 11.3. The van der Waals surface area contributed by atoms with Gasteiger partial charge in [0.25, 0.3) is 5.56 Å². The van der Waals surface area contributed by atoms with Crippen LogP contribution in [0.15, 0.2) is 23.1 Å². The zero-order valence-electron chi connectivity index (χ0n) is 11.3. The van der Waals surface area contributed by atoms with Gasteiger partial charge in [-0.2, -0.15) is 0 Å². The van der Waals surface area contributed by atoms with Crippen LogP contribution < -0.4 is 11.3 Å². The number of pyridine rings is 1. The molecule has 0 amide bonds. The quantitative estimate of drug-likeness (QED) is 0.843. The van der Waals surface area contributed by atoms with E-state index in [4.69, 9.17) is 5.73 Å². The van der Waals surface area contributed by atoms with Crippen molar-refractivity contribution >= 4 is 5.69 Å². The van der Waals surface area contributed by atoms with Gasteiger partial charge >= 0.3 is 0 Å². The normalized spacial score (nSPS) is 21.7. The molecule has 2 N–H and O–H groups in total. The standard InChI is InChI=1S/C14H22N4O/c15-12-1-4-14(19)18(11-12)10-7-16-5-8-17(9-6-16)13-2-3-13/h1,4,11,13H,2-3,5-10,15H2. The molecule has 1 saturated carbocycles. The highest BCUT2D eigenvalue weighted by Crippen LogP contribution is 2.27. The maximum Gasteiger partial charge on any atom is 0.250 e. The Hall–Kier alpha value is -1.33. The molecule has 5 nitrogen and oxygen atoms in total. The first-order valence-electron chi connectivity index (χ1n) is 7.15. The Balaban J connectivity index is 1.49. The van der Waals surface area contributed by atoms with Crippen LogP contribution in [0.2, 0.25) is 0 Å². The topological polar surface area (TPSA) is 54.5 Å². The Kier molecular flexibility index (Phi) is 3.57. The largest absolute Gasteiger partial charge is 0.398 e. The van der Waals surface area contributed by atoms with Crippen LogP contribution >= 0.6 is 0 Å². The van der Waals surface area contributed by atoms with Crippen LogP contribution in [0.1, 0.15) is 12.8 Å². The number of hydrogen-bond acceptors (Lipinski definition) is 4. The van der Waals surface area contributed by atoms with E-state index in [9.17, 15) is 4.79 Å². The first kappa shape index (κ1) is 12.7. The van der Waals surface area contributed by atoms with Crippen LogP contribution in [0, 0.1) is 0 Å². The fraction of sp³-hybridized carbons (Fsp3) is 0.643. The first-order valence-corrected chi connectivity index (χ1v) is 7.15. The van der Waals surface area contributed by atoms with E-state index in [-0.39, 0.29) is 5.56 Å². The van der Waals surface area contributed by atoms with Gasteiger partial charge in [0.2, 0.25) is 0 Å². The molecule has 1 saturated heterocycles. The van der Waals surface area contributed by atoms with Crippen LogP contribution in [0.5, 0.6) is 0 Å². The highest BCUT2D eigenvalue weighted by Gasteiger charge is 2.30. The third kappa shape index (κ3) is 3.16. The predicted octanol–water partition coefficient (Wildman–Crippen LogP) is 0.211. The second kappa shape index (κ2) is 5.35. The molecular formula is C14H22N4O. The number of nitrogens with two attached hydrogens (primary N) is 1. The Morgan fingerprint density at radius 2 is 1.84 bits per heavy atom. The minimum absolute atomic E-state index is 0.0332. The van der Waals surface area contributed by atoms with Crippen molar-refractivity contribution in [1.29, 1.82) is 0 Å². The number of hydrogen-bond donors (Lipinski definition) is 1. The molecule has 0 radical (unpaired) electrons. The van der Waals surface area contributed by atoms with Crippen molar-refractivity contribution in [2.24, 2.45) is 0 Å².